The fourth-order valence-electron chi connectivity index (χ4n) is 3.89. The van der Waals surface area contributed by atoms with Crippen molar-refractivity contribution in [2.24, 2.45) is 5.92 Å². The molecule has 0 aliphatic carbocycles. The Hall–Kier alpha value is -4.62. The molecule has 3 rings (SSSR count). The maximum atomic E-state index is 14.8. The van der Waals surface area contributed by atoms with Crippen LogP contribution in [-0.2, 0) is 27.3 Å². The topological polar surface area (TPSA) is 143 Å². The minimum Gasteiger partial charge on any atom is -0.436 e. The van der Waals surface area contributed by atoms with Crippen LogP contribution in [0.4, 0.5) is 19.3 Å². The zero-order valence-electron chi connectivity index (χ0n) is 24.4. The first-order valence-electron chi connectivity index (χ1n) is 13.3. The van der Waals surface area contributed by atoms with Crippen molar-refractivity contribution in [2.45, 2.75) is 45.8 Å². The van der Waals surface area contributed by atoms with E-state index in [4.69, 9.17) is 4.74 Å². The van der Waals surface area contributed by atoms with Crippen molar-refractivity contribution in [3.63, 3.8) is 0 Å². The lowest BCUT2D eigenvalue weighted by atomic mass is 10.1. The van der Waals surface area contributed by atoms with Gasteiger partial charge in [0.05, 0.1) is 24.0 Å². The number of hydrogen-bond donors (Lipinski definition) is 2. The molecule has 0 saturated heterocycles. The van der Waals surface area contributed by atoms with Gasteiger partial charge in [-0.25, -0.2) is 14.2 Å². The Labute approximate surface area is 241 Å². The van der Waals surface area contributed by atoms with E-state index in [2.05, 4.69) is 20.3 Å². The number of rotatable bonds is 11. The molecular weight excluding hydrogens is 552 g/mol. The monoisotopic (exact) mass is 587 g/mol. The molecule has 0 radical (unpaired) electrons. The Kier molecular flexibility index (Phi) is 10.5. The van der Waals surface area contributed by atoms with E-state index in [-0.39, 0.29) is 48.2 Å². The van der Waals surface area contributed by atoms with Crippen molar-refractivity contribution in [2.75, 3.05) is 33.5 Å². The largest absolute Gasteiger partial charge is 0.436 e. The van der Waals surface area contributed by atoms with Gasteiger partial charge in [0.25, 0.3) is 11.5 Å². The predicted molar refractivity (Wildman–Crippen MR) is 152 cm³/mol. The second kappa shape index (κ2) is 13.8. The molecule has 2 N–H and O–H groups in total. The van der Waals surface area contributed by atoms with Crippen molar-refractivity contribution in [1.82, 2.24) is 29.3 Å². The van der Waals surface area contributed by atoms with Gasteiger partial charge in [-0.2, -0.15) is 4.39 Å². The van der Waals surface area contributed by atoms with E-state index < -0.39 is 35.4 Å². The van der Waals surface area contributed by atoms with Gasteiger partial charge < -0.3 is 24.8 Å². The van der Waals surface area contributed by atoms with Gasteiger partial charge in [-0.15, -0.1) is 0 Å². The smallest absolute Gasteiger partial charge is 0.410 e. The van der Waals surface area contributed by atoms with Crippen LogP contribution in [-0.4, -0.2) is 81.5 Å². The van der Waals surface area contributed by atoms with E-state index in [1.807, 2.05) is 13.8 Å². The quantitative estimate of drug-likeness (QED) is 0.259. The third kappa shape index (κ3) is 7.98. The van der Waals surface area contributed by atoms with E-state index in [0.29, 0.717) is 17.6 Å². The maximum absolute atomic E-state index is 14.8. The first-order chi connectivity index (χ1) is 19.8. The van der Waals surface area contributed by atoms with Crippen LogP contribution in [0.5, 0.6) is 0 Å². The number of anilines is 1. The van der Waals surface area contributed by atoms with E-state index in [9.17, 15) is 28.0 Å². The number of hydrogen-bond acceptors (Lipinski definition) is 7. The number of carbonyl (C=O) groups is 3. The van der Waals surface area contributed by atoms with Crippen LogP contribution in [0.1, 0.15) is 38.2 Å². The molecule has 3 amide bonds. The van der Waals surface area contributed by atoms with Crippen LogP contribution in [0.2, 0.25) is 0 Å². The van der Waals surface area contributed by atoms with E-state index in [0.717, 1.165) is 27.8 Å². The molecule has 42 heavy (non-hydrogen) atoms. The van der Waals surface area contributed by atoms with E-state index in [1.165, 1.54) is 31.1 Å². The standard InChI is InChI=1S/C28H35F2N7O5/c1-16(2)13-19-25-24(17(29)14-31-19)33-22(34-25)15-37-21(30)12-11-18(27(37)40)32-26(39)20(42-28(41)36(5)6)9-7-8-10-23(38)35(3)4/h8,10-12,14,16,20H,7,9,13,15H2,1-6H3,(H,32,39)(H,33,34). The fraction of sp³-hybridized carbons (Fsp3) is 0.429. The molecule has 0 saturated carbocycles. The Morgan fingerprint density at radius 2 is 1.86 bits per heavy atom. The second-order valence-corrected chi connectivity index (χ2v) is 10.5. The van der Waals surface area contributed by atoms with E-state index >= 15 is 0 Å². The highest BCUT2D eigenvalue weighted by Gasteiger charge is 2.25. The number of amides is 3. The van der Waals surface area contributed by atoms with Crippen LogP contribution in [0.3, 0.4) is 0 Å². The summed E-state index contributed by atoms with van der Waals surface area (Å²) in [6.45, 7) is 3.59. The number of aromatic amines is 1. The second-order valence-electron chi connectivity index (χ2n) is 10.5. The Balaban J connectivity index is 1.85. The highest BCUT2D eigenvalue weighted by Crippen LogP contribution is 2.21. The molecule has 0 aliphatic heterocycles. The van der Waals surface area contributed by atoms with Crippen molar-refractivity contribution >= 4 is 34.6 Å². The Morgan fingerprint density at radius 1 is 1.14 bits per heavy atom. The number of aromatic nitrogens is 4. The molecule has 3 aromatic heterocycles. The van der Waals surface area contributed by atoms with Gasteiger partial charge >= 0.3 is 6.09 Å². The number of nitrogens with zero attached hydrogens (tertiary/aromatic N) is 5. The summed E-state index contributed by atoms with van der Waals surface area (Å²) in [7, 11) is 6.06. The lowest BCUT2D eigenvalue weighted by molar-refractivity contribution is -0.125. The summed E-state index contributed by atoms with van der Waals surface area (Å²) in [5.74, 6) is -2.30. The third-order valence-corrected chi connectivity index (χ3v) is 6.09. The van der Waals surface area contributed by atoms with Crippen molar-refractivity contribution in [3.8, 4) is 0 Å². The number of allylic oxidation sites excluding steroid dienone is 1. The molecule has 0 aliphatic rings. The number of fused-ring (bicyclic) bond motifs is 1. The third-order valence-electron chi connectivity index (χ3n) is 6.09. The SMILES string of the molecule is CC(C)Cc1ncc(F)c2nc(Cn3c(F)ccc(NC(=O)C(CCC=CC(=O)N(C)C)OC(=O)N(C)C)c3=O)[nH]c12. The minimum atomic E-state index is -1.32. The average Bonchev–Trinajstić information content (AvgIpc) is 3.36. The predicted octanol–water partition coefficient (Wildman–Crippen LogP) is 3.07. The minimum absolute atomic E-state index is 0.00923. The molecule has 0 fully saturated rings. The molecule has 0 bridgehead atoms. The molecule has 0 aromatic carbocycles. The molecule has 226 valence electrons. The number of carbonyl (C=O) groups excluding carboxylic acids is 3. The van der Waals surface area contributed by atoms with Gasteiger partial charge in [-0.05, 0) is 43.4 Å². The molecule has 3 aromatic rings. The van der Waals surface area contributed by atoms with Crippen molar-refractivity contribution < 1.29 is 27.9 Å². The van der Waals surface area contributed by atoms with Crippen LogP contribution in [0, 0.1) is 17.7 Å². The summed E-state index contributed by atoms with van der Waals surface area (Å²) in [6.07, 6.45) is 2.60. The van der Waals surface area contributed by atoms with Gasteiger partial charge in [0.2, 0.25) is 5.91 Å². The van der Waals surface area contributed by atoms with Crippen LogP contribution >= 0.6 is 0 Å². The number of nitrogens with one attached hydrogen (secondary N) is 2. The lowest BCUT2D eigenvalue weighted by Crippen LogP contribution is -2.38. The summed E-state index contributed by atoms with van der Waals surface area (Å²) in [5.41, 5.74) is -0.175. The molecular formula is C28H35F2N7O5. The summed E-state index contributed by atoms with van der Waals surface area (Å²) >= 11 is 0. The number of halogens is 2. The number of imidazole rings is 1. The molecule has 3 heterocycles. The van der Waals surface area contributed by atoms with Crippen LogP contribution in [0.15, 0.2) is 35.3 Å². The zero-order chi connectivity index (χ0) is 31.1. The van der Waals surface area contributed by atoms with Crippen LogP contribution < -0.4 is 10.9 Å². The number of likely N-dealkylation sites (N-methyl/N-ethyl adjacent to an activating group) is 1. The van der Waals surface area contributed by atoms with E-state index in [1.54, 1.807) is 14.1 Å². The molecule has 1 unspecified atom stereocenters. The Bertz CT molecular complexity index is 1550. The fourth-order valence-corrected chi connectivity index (χ4v) is 3.89. The summed E-state index contributed by atoms with van der Waals surface area (Å²) in [4.78, 5) is 64.0. The molecule has 0 spiro atoms. The highest BCUT2D eigenvalue weighted by molar-refractivity contribution is 5.95. The number of ether oxygens (including phenoxy) is 1. The van der Waals surface area contributed by atoms with Crippen molar-refractivity contribution in [1.29, 1.82) is 0 Å². The number of H-pyrrole nitrogens is 1. The van der Waals surface area contributed by atoms with Gasteiger partial charge in [0.15, 0.2) is 17.9 Å². The van der Waals surface area contributed by atoms with Crippen molar-refractivity contribution in [3.05, 3.63) is 64.1 Å². The lowest BCUT2D eigenvalue weighted by Gasteiger charge is -2.20. The number of pyridine rings is 2. The maximum Gasteiger partial charge on any atom is 0.410 e. The molecule has 14 heteroatoms. The highest BCUT2D eigenvalue weighted by atomic mass is 19.1. The molecule has 12 nitrogen and oxygen atoms in total. The Morgan fingerprint density at radius 3 is 2.50 bits per heavy atom. The van der Waals surface area contributed by atoms with Crippen LogP contribution in [0.25, 0.3) is 11.0 Å². The summed E-state index contributed by atoms with van der Waals surface area (Å²) in [6, 6.07) is 2.08. The van der Waals surface area contributed by atoms with Gasteiger partial charge in [-0.3, -0.25) is 23.9 Å². The average molecular weight is 588 g/mol. The normalized spacial score (nSPS) is 12.1. The summed E-state index contributed by atoms with van der Waals surface area (Å²) < 4.78 is 35.2. The first kappa shape index (κ1) is 31.9. The van der Waals surface area contributed by atoms with Gasteiger partial charge in [0, 0.05) is 28.2 Å². The molecule has 1 atom stereocenters. The summed E-state index contributed by atoms with van der Waals surface area (Å²) in [5, 5.41) is 2.41. The van der Waals surface area contributed by atoms with Gasteiger partial charge in [0.1, 0.15) is 17.0 Å². The first-order valence-corrected chi connectivity index (χ1v) is 13.3. The van der Waals surface area contributed by atoms with Gasteiger partial charge in [-0.1, -0.05) is 19.9 Å². The zero-order valence-corrected chi connectivity index (χ0v) is 24.4.